The summed E-state index contributed by atoms with van der Waals surface area (Å²) in [5.74, 6) is 0. The Balaban J connectivity index is 0.000000461. The highest BCUT2D eigenvalue weighted by Crippen LogP contribution is 2.09. The van der Waals surface area contributed by atoms with Crippen molar-refractivity contribution in [2.24, 2.45) is 0 Å². The Labute approximate surface area is 84.8 Å². The summed E-state index contributed by atoms with van der Waals surface area (Å²) in [6.07, 6.45) is 1.94. The van der Waals surface area contributed by atoms with E-state index in [-0.39, 0.29) is 0 Å². The number of hydrogen-bond acceptors (Lipinski definition) is 2. The number of hydrogen-bond donors (Lipinski definition) is 0. The first-order valence-corrected chi connectivity index (χ1v) is 4.97. The van der Waals surface area contributed by atoms with E-state index in [1.165, 1.54) is 5.56 Å². The molecule has 0 aliphatic rings. The Morgan fingerprint density at radius 1 is 1.07 bits per heavy atom. The zero-order chi connectivity index (χ0) is 10.7. The van der Waals surface area contributed by atoms with Crippen molar-refractivity contribution in [3.05, 3.63) is 29.2 Å². The fourth-order valence-corrected chi connectivity index (χ4v) is 1.41. The Kier molecular flexibility index (Phi) is 3.23. The first kappa shape index (κ1) is 10.7. The standard InChI is InChI=1S/C9H11N3.C2H6/c1-6-4-7(2)11-12-5-8(3)10-9(6)12;1-2/h4-5H,1-3H3;1-2H3. The number of fused-ring (bicyclic) bond motifs is 1. The van der Waals surface area contributed by atoms with Crippen LogP contribution in [-0.4, -0.2) is 14.6 Å². The lowest BCUT2D eigenvalue weighted by atomic mass is 10.3. The van der Waals surface area contributed by atoms with Gasteiger partial charge in [-0.15, -0.1) is 0 Å². The molecule has 0 spiro atoms. The molecule has 2 aromatic heterocycles. The average molecular weight is 191 g/mol. The third-order valence-electron chi connectivity index (χ3n) is 1.85. The number of aromatic nitrogens is 3. The van der Waals surface area contributed by atoms with Gasteiger partial charge in [-0.2, -0.15) is 5.10 Å². The highest BCUT2D eigenvalue weighted by atomic mass is 15.2. The summed E-state index contributed by atoms with van der Waals surface area (Å²) >= 11 is 0. The first-order chi connectivity index (χ1) is 6.66. The van der Waals surface area contributed by atoms with Gasteiger partial charge in [-0.1, -0.05) is 13.8 Å². The summed E-state index contributed by atoms with van der Waals surface area (Å²) in [7, 11) is 0. The normalized spacial score (nSPS) is 9.79. The van der Waals surface area contributed by atoms with E-state index in [1.807, 2.05) is 44.5 Å². The van der Waals surface area contributed by atoms with Crippen LogP contribution < -0.4 is 0 Å². The van der Waals surface area contributed by atoms with E-state index in [4.69, 9.17) is 0 Å². The molecule has 0 aromatic carbocycles. The molecule has 2 aromatic rings. The number of rotatable bonds is 0. The highest BCUT2D eigenvalue weighted by molar-refractivity contribution is 5.47. The molecule has 0 fully saturated rings. The summed E-state index contributed by atoms with van der Waals surface area (Å²) < 4.78 is 1.83. The van der Waals surface area contributed by atoms with Gasteiger partial charge >= 0.3 is 0 Å². The van der Waals surface area contributed by atoms with Crippen LogP contribution >= 0.6 is 0 Å². The van der Waals surface area contributed by atoms with Crippen molar-refractivity contribution >= 4 is 5.65 Å². The number of imidazole rings is 1. The first-order valence-electron chi connectivity index (χ1n) is 4.97. The van der Waals surface area contributed by atoms with Gasteiger partial charge in [-0.25, -0.2) is 9.50 Å². The van der Waals surface area contributed by atoms with Crippen molar-refractivity contribution in [2.45, 2.75) is 34.6 Å². The van der Waals surface area contributed by atoms with Crippen LogP contribution in [0.2, 0.25) is 0 Å². The quantitative estimate of drug-likeness (QED) is 0.641. The lowest BCUT2D eigenvalue weighted by Gasteiger charge is -1.97. The van der Waals surface area contributed by atoms with Gasteiger partial charge in [0.1, 0.15) is 0 Å². The summed E-state index contributed by atoms with van der Waals surface area (Å²) in [4.78, 5) is 4.35. The molecular weight excluding hydrogens is 174 g/mol. The van der Waals surface area contributed by atoms with Crippen LogP contribution in [0.3, 0.4) is 0 Å². The van der Waals surface area contributed by atoms with Gasteiger partial charge < -0.3 is 0 Å². The Morgan fingerprint density at radius 2 is 1.71 bits per heavy atom. The van der Waals surface area contributed by atoms with Gasteiger partial charge in [0.25, 0.3) is 0 Å². The molecule has 2 heterocycles. The maximum Gasteiger partial charge on any atom is 0.156 e. The van der Waals surface area contributed by atoms with E-state index in [9.17, 15) is 0 Å². The lowest BCUT2D eigenvalue weighted by molar-refractivity contribution is 0.892. The Morgan fingerprint density at radius 3 is 2.36 bits per heavy atom. The summed E-state index contributed by atoms with van der Waals surface area (Å²) in [5.41, 5.74) is 4.17. The van der Waals surface area contributed by atoms with Gasteiger partial charge in [0.15, 0.2) is 5.65 Å². The van der Waals surface area contributed by atoms with Crippen LogP contribution in [0, 0.1) is 20.8 Å². The molecule has 0 amide bonds. The van der Waals surface area contributed by atoms with Gasteiger partial charge in [0, 0.05) is 0 Å². The van der Waals surface area contributed by atoms with Crippen molar-refractivity contribution in [1.82, 2.24) is 14.6 Å². The van der Waals surface area contributed by atoms with Crippen LogP contribution in [0.5, 0.6) is 0 Å². The fraction of sp³-hybridized carbons (Fsp3) is 0.455. The minimum atomic E-state index is 0.957. The predicted octanol–water partition coefficient (Wildman–Crippen LogP) is 2.68. The van der Waals surface area contributed by atoms with E-state index in [1.54, 1.807) is 0 Å². The molecule has 0 aliphatic carbocycles. The number of aryl methyl sites for hydroxylation is 3. The summed E-state index contributed by atoms with van der Waals surface area (Å²) in [6, 6.07) is 2.04. The predicted molar refractivity (Wildman–Crippen MR) is 58.5 cm³/mol. The van der Waals surface area contributed by atoms with E-state index < -0.39 is 0 Å². The highest BCUT2D eigenvalue weighted by Gasteiger charge is 2.01. The third kappa shape index (κ3) is 1.92. The fourth-order valence-electron chi connectivity index (χ4n) is 1.41. The molecule has 3 heteroatoms. The molecule has 2 rings (SSSR count). The summed E-state index contributed by atoms with van der Waals surface area (Å²) in [5, 5.41) is 4.31. The molecule has 3 nitrogen and oxygen atoms in total. The van der Waals surface area contributed by atoms with E-state index >= 15 is 0 Å². The van der Waals surface area contributed by atoms with Crippen LogP contribution in [0.1, 0.15) is 30.8 Å². The zero-order valence-corrected chi connectivity index (χ0v) is 9.50. The van der Waals surface area contributed by atoms with Crippen LogP contribution in [0.25, 0.3) is 5.65 Å². The van der Waals surface area contributed by atoms with Crippen molar-refractivity contribution < 1.29 is 0 Å². The molecule has 0 aliphatic heterocycles. The number of nitrogens with zero attached hydrogens (tertiary/aromatic N) is 3. The van der Waals surface area contributed by atoms with Gasteiger partial charge in [-0.05, 0) is 32.4 Å². The molecule has 0 bridgehead atoms. The minimum Gasteiger partial charge on any atom is -0.232 e. The molecule has 14 heavy (non-hydrogen) atoms. The van der Waals surface area contributed by atoms with Crippen molar-refractivity contribution in [3.63, 3.8) is 0 Å². The van der Waals surface area contributed by atoms with Gasteiger partial charge in [0.2, 0.25) is 0 Å². The van der Waals surface area contributed by atoms with E-state index in [0.29, 0.717) is 0 Å². The Hall–Kier alpha value is -1.38. The van der Waals surface area contributed by atoms with Crippen molar-refractivity contribution in [3.8, 4) is 0 Å². The van der Waals surface area contributed by atoms with Crippen LogP contribution in [0.15, 0.2) is 12.3 Å². The molecule has 0 saturated heterocycles. The molecule has 0 N–H and O–H groups in total. The molecule has 0 atom stereocenters. The third-order valence-corrected chi connectivity index (χ3v) is 1.85. The molecule has 0 saturated carbocycles. The second-order valence-corrected chi connectivity index (χ2v) is 3.12. The molecule has 0 radical (unpaired) electrons. The molecule has 0 unspecified atom stereocenters. The Bertz CT molecular complexity index is 429. The van der Waals surface area contributed by atoms with Crippen LogP contribution in [0.4, 0.5) is 0 Å². The second-order valence-electron chi connectivity index (χ2n) is 3.12. The lowest BCUT2D eigenvalue weighted by Crippen LogP contribution is -1.95. The second kappa shape index (κ2) is 4.22. The zero-order valence-electron chi connectivity index (χ0n) is 9.50. The summed E-state index contributed by atoms with van der Waals surface area (Å²) in [6.45, 7) is 10.0. The van der Waals surface area contributed by atoms with E-state index in [2.05, 4.69) is 17.0 Å². The van der Waals surface area contributed by atoms with Crippen molar-refractivity contribution in [2.75, 3.05) is 0 Å². The van der Waals surface area contributed by atoms with Crippen LogP contribution in [-0.2, 0) is 0 Å². The monoisotopic (exact) mass is 191 g/mol. The topological polar surface area (TPSA) is 30.2 Å². The van der Waals surface area contributed by atoms with Crippen molar-refractivity contribution in [1.29, 1.82) is 0 Å². The smallest absolute Gasteiger partial charge is 0.156 e. The minimum absolute atomic E-state index is 0.957. The molecule has 76 valence electrons. The largest absolute Gasteiger partial charge is 0.232 e. The van der Waals surface area contributed by atoms with Gasteiger partial charge in [-0.3, -0.25) is 0 Å². The van der Waals surface area contributed by atoms with E-state index in [0.717, 1.165) is 17.0 Å². The van der Waals surface area contributed by atoms with Gasteiger partial charge in [0.05, 0.1) is 17.6 Å². The SMILES string of the molecule is CC.Cc1cn2nc(C)cc(C)c2n1. The maximum absolute atomic E-state index is 4.35. The maximum atomic E-state index is 4.35. The molecular formula is C11H17N3. The average Bonchev–Trinajstić information content (AvgIpc) is 2.49.